The second kappa shape index (κ2) is 7.47. The first kappa shape index (κ1) is 18.8. The summed E-state index contributed by atoms with van der Waals surface area (Å²) in [5, 5.41) is 3.01. The van der Waals surface area contributed by atoms with Gasteiger partial charge < -0.3 is 15.1 Å². The van der Waals surface area contributed by atoms with Gasteiger partial charge in [-0.3, -0.25) is 4.79 Å². The summed E-state index contributed by atoms with van der Waals surface area (Å²) in [6.07, 6.45) is 0. The molecule has 0 fully saturated rings. The smallest absolute Gasteiger partial charge is 0.257 e. The molecule has 29 heavy (non-hydrogen) atoms. The molecule has 0 atom stereocenters. The number of carbonyl (C=O) groups is 1. The fourth-order valence-corrected chi connectivity index (χ4v) is 3.67. The molecule has 0 bridgehead atoms. The number of para-hydroxylation sites is 1. The van der Waals surface area contributed by atoms with E-state index in [-0.39, 0.29) is 5.91 Å². The predicted octanol–water partition coefficient (Wildman–Crippen LogP) is 4.73. The standard InChI is InChI=1S/C25H25N3O/c1-27(2)19-13-9-17(10-14-19)23(18-11-15-20(16-12-18)28(3)4)24-21-7-5-6-8-22(21)26-25(24)29/h5-16H,1-4H3,(H,26,29). The summed E-state index contributed by atoms with van der Waals surface area (Å²) in [4.78, 5) is 17.1. The Bertz CT molecular complexity index is 1020. The number of hydrogen-bond donors (Lipinski definition) is 1. The van der Waals surface area contributed by atoms with Crippen molar-refractivity contribution in [3.05, 3.63) is 89.5 Å². The van der Waals surface area contributed by atoms with Gasteiger partial charge in [0.25, 0.3) is 5.91 Å². The molecule has 0 radical (unpaired) electrons. The first-order chi connectivity index (χ1) is 14.0. The first-order valence-corrected chi connectivity index (χ1v) is 9.66. The molecule has 4 rings (SSSR count). The fourth-order valence-electron chi connectivity index (χ4n) is 3.67. The highest BCUT2D eigenvalue weighted by atomic mass is 16.2. The molecule has 3 aromatic carbocycles. The number of fused-ring (bicyclic) bond motifs is 1. The Balaban J connectivity index is 1.94. The number of hydrogen-bond acceptors (Lipinski definition) is 3. The molecule has 4 heteroatoms. The Labute approximate surface area is 172 Å². The van der Waals surface area contributed by atoms with Crippen molar-refractivity contribution >= 4 is 34.1 Å². The second-order valence-corrected chi connectivity index (χ2v) is 7.63. The summed E-state index contributed by atoms with van der Waals surface area (Å²) >= 11 is 0. The van der Waals surface area contributed by atoms with Crippen LogP contribution in [0, 0.1) is 0 Å². The third-order valence-corrected chi connectivity index (χ3v) is 5.27. The molecule has 146 valence electrons. The van der Waals surface area contributed by atoms with Crippen LogP contribution >= 0.6 is 0 Å². The molecule has 0 saturated carbocycles. The summed E-state index contributed by atoms with van der Waals surface area (Å²) in [6.45, 7) is 0. The normalized spacial score (nSPS) is 12.4. The van der Waals surface area contributed by atoms with Crippen molar-refractivity contribution in [2.24, 2.45) is 0 Å². The Morgan fingerprint density at radius 1 is 0.690 bits per heavy atom. The third-order valence-electron chi connectivity index (χ3n) is 5.27. The average molecular weight is 383 g/mol. The molecule has 0 aliphatic carbocycles. The molecule has 1 aliphatic heterocycles. The van der Waals surface area contributed by atoms with Gasteiger partial charge in [-0.15, -0.1) is 0 Å². The van der Waals surface area contributed by atoms with Crippen LogP contribution in [-0.4, -0.2) is 34.1 Å². The molecular formula is C25H25N3O. The van der Waals surface area contributed by atoms with Gasteiger partial charge in [0.05, 0.1) is 5.57 Å². The fraction of sp³-hybridized carbons (Fsp3) is 0.160. The van der Waals surface area contributed by atoms with Crippen molar-refractivity contribution in [1.82, 2.24) is 0 Å². The van der Waals surface area contributed by atoms with Crippen LogP contribution in [0.5, 0.6) is 0 Å². The topological polar surface area (TPSA) is 35.6 Å². The van der Waals surface area contributed by atoms with E-state index in [0.717, 1.165) is 44.9 Å². The number of rotatable bonds is 4. The number of amides is 1. The molecule has 4 nitrogen and oxygen atoms in total. The molecule has 0 unspecified atom stereocenters. The highest BCUT2D eigenvalue weighted by Crippen LogP contribution is 2.40. The maximum absolute atomic E-state index is 13.0. The van der Waals surface area contributed by atoms with Crippen LogP contribution in [0.15, 0.2) is 72.8 Å². The highest BCUT2D eigenvalue weighted by molar-refractivity contribution is 6.38. The quantitative estimate of drug-likeness (QED) is 0.662. The largest absolute Gasteiger partial charge is 0.378 e. The maximum atomic E-state index is 13.0. The second-order valence-electron chi connectivity index (χ2n) is 7.63. The highest BCUT2D eigenvalue weighted by Gasteiger charge is 2.28. The monoisotopic (exact) mass is 383 g/mol. The predicted molar refractivity (Wildman–Crippen MR) is 123 cm³/mol. The molecule has 1 N–H and O–H groups in total. The lowest BCUT2D eigenvalue weighted by atomic mass is 9.90. The van der Waals surface area contributed by atoms with E-state index in [9.17, 15) is 4.79 Å². The van der Waals surface area contributed by atoms with E-state index in [4.69, 9.17) is 0 Å². The zero-order valence-electron chi connectivity index (χ0n) is 17.2. The molecule has 3 aromatic rings. The van der Waals surface area contributed by atoms with Crippen LogP contribution in [-0.2, 0) is 4.79 Å². The number of benzene rings is 3. The van der Waals surface area contributed by atoms with E-state index in [1.54, 1.807) is 0 Å². The van der Waals surface area contributed by atoms with E-state index in [2.05, 4.69) is 63.6 Å². The van der Waals surface area contributed by atoms with Gasteiger partial charge >= 0.3 is 0 Å². The number of nitrogens with zero attached hydrogens (tertiary/aromatic N) is 2. The van der Waals surface area contributed by atoms with Crippen molar-refractivity contribution in [1.29, 1.82) is 0 Å². The van der Waals surface area contributed by atoms with Crippen molar-refractivity contribution in [3.63, 3.8) is 0 Å². The Morgan fingerprint density at radius 2 is 1.17 bits per heavy atom. The molecule has 0 saturated heterocycles. The molecule has 0 spiro atoms. The number of nitrogens with one attached hydrogen (secondary N) is 1. The minimum absolute atomic E-state index is 0.0606. The van der Waals surface area contributed by atoms with Crippen molar-refractivity contribution in [2.45, 2.75) is 0 Å². The molecule has 1 aliphatic rings. The third kappa shape index (κ3) is 3.49. The van der Waals surface area contributed by atoms with Gasteiger partial charge in [-0.05, 0) is 41.5 Å². The van der Waals surface area contributed by atoms with Crippen LogP contribution in [0.2, 0.25) is 0 Å². The first-order valence-electron chi connectivity index (χ1n) is 9.66. The summed E-state index contributed by atoms with van der Waals surface area (Å²) in [5.41, 5.74) is 7.76. The van der Waals surface area contributed by atoms with Gasteiger partial charge in [-0.2, -0.15) is 0 Å². The lowest BCUT2D eigenvalue weighted by Gasteiger charge is -2.17. The lowest BCUT2D eigenvalue weighted by Crippen LogP contribution is -2.09. The van der Waals surface area contributed by atoms with Crippen LogP contribution in [0.4, 0.5) is 17.1 Å². The Kier molecular flexibility index (Phi) is 4.85. The molecular weight excluding hydrogens is 358 g/mol. The van der Waals surface area contributed by atoms with Crippen molar-refractivity contribution in [2.75, 3.05) is 43.3 Å². The van der Waals surface area contributed by atoms with E-state index in [1.165, 1.54) is 0 Å². The van der Waals surface area contributed by atoms with Crippen LogP contribution < -0.4 is 15.1 Å². The van der Waals surface area contributed by atoms with Gasteiger partial charge in [0.2, 0.25) is 0 Å². The van der Waals surface area contributed by atoms with Crippen LogP contribution in [0.1, 0.15) is 16.7 Å². The minimum Gasteiger partial charge on any atom is -0.378 e. The summed E-state index contributed by atoms with van der Waals surface area (Å²) < 4.78 is 0. The van der Waals surface area contributed by atoms with Gasteiger partial charge in [0.1, 0.15) is 0 Å². The minimum atomic E-state index is -0.0606. The molecule has 0 aromatic heterocycles. The summed E-state index contributed by atoms with van der Waals surface area (Å²) in [7, 11) is 8.09. The van der Waals surface area contributed by atoms with E-state index < -0.39 is 0 Å². The van der Waals surface area contributed by atoms with E-state index >= 15 is 0 Å². The van der Waals surface area contributed by atoms with E-state index in [0.29, 0.717) is 0 Å². The van der Waals surface area contributed by atoms with Gasteiger partial charge in [0.15, 0.2) is 0 Å². The molecule has 1 heterocycles. The van der Waals surface area contributed by atoms with Crippen LogP contribution in [0.3, 0.4) is 0 Å². The average Bonchev–Trinajstić information content (AvgIpc) is 3.05. The van der Waals surface area contributed by atoms with Gasteiger partial charge in [0, 0.05) is 56.4 Å². The Hall–Kier alpha value is -3.53. The molecule has 1 amide bonds. The lowest BCUT2D eigenvalue weighted by molar-refractivity contribution is -0.110. The van der Waals surface area contributed by atoms with Gasteiger partial charge in [-0.25, -0.2) is 0 Å². The maximum Gasteiger partial charge on any atom is 0.257 e. The van der Waals surface area contributed by atoms with Crippen LogP contribution in [0.25, 0.3) is 11.1 Å². The van der Waals surface area contributed by atoms with Crippen molar-refractivity contribution < 1.29 is 4.79 Å². The van der Waals surface area contributed by atoms with Crippen molar-refractivity contribution in [3.8, 4) is 0 Å². The number of anilines is 3. The SMILES string of the molecule is CN(C)c1ccc(C(=C2C(=O)Nc3ccccc32)c2ccc(N(C)C)cc2)cc1. The zero-order chi connectivity index (χ0) is 20.5. The Morgan fingerprint density at radius 3 is 1.66 bits per heavy atom. The summed E-state index contributed by atoms with van der Waals surface area (Å²) in [6, 6.07) is 24.6. The number of carbonyl (C=O) groups excluding carboxylic acids is 1. The zero-order valence-corrected chi connectivity index (χ0v) is 17.2. The van der Waals surface area contributed by atoms with E-state index in [1.807, 2.05) is 52.5 Å². The summed E-state index contributed by atoms with van der Waals surface area (Å²) in [5.74, 6) is -0.0606. The van der Waals surface area contributed by atoms with Gasteiger partial charge in [-0.1, -0.05) is 42.5 Å².